The van der Waals surface area contributed by atoms with Gasteiger partial charge < -0.3 is 10.5 Å². The van der Waals surface area contributed by atoms with Gasteiger partial charge in [0.05, 0.1) is 7.11 Å². The molecule has 0 aliphatic carbocycles. The molecule has 1 unspecified atom stereocenters. The molecule has 0 fully saturated rings. The molecule has 0 spiro atoms. The van der Waals surface area contributed by atoms with Crippen LogP contribution in [0.1, 0.15) is 19.0 Å². The standard InChI is InChI=1S/C15H19N3O/c1-3-12(16)10-13-8-9-17-15(18-13)11-4-6-14(19-2)7-5-11/h4-9,12H,3,10,16H2,1-2H3. The molecule has 0 saturated heterocycles. The summed E-state index contributed by atoms with van der Waals surface area (Å²) < 4.78 is 5.14. The third-order valence-corrected chi connectivity index (χ3v) is 3.06. The molecule has 0 radical (unpaired) electrons. The fraction of sp³-hybridized carbons (Fsp3) is 0.333. The van der Waals surface area contributed by atoms with Gasteiger partial charge in [0.15, 0.2) is 5.82 Å². The predicted octanol–water partition coefficient (Wildman–Crippen LogP) is 2.43. The van der Waals surface area contributed by atoms with Gasteiger partial charge in [0.1, 0.15) is 5.75 Å². The predicted molar refractivity (Wildman–Crippen MR) is 76.0 cm³/mol. The van der Waals surface area contributed by atoms with Crippen molar-refractivity contribution in [2.24, 2.45) is 5.73 Å². The van der Waals surface area contributed by atoms with E-state index in [9.17, 15) is 0 Å². The molecular formula is C15H19N3O. The van der Waals surface area contributed by atoms with Crippen molar-refractivity contribution in [2.45, 2.75) is 25.8 Å². The van der Waals surface area contributed by atoms with Gasteiger partial charge in [-0.3, -0.25) is 0 Å². The third-order valence-electron chi connectivity index (χ3n) is 3.06. The van der Waals surface area contributed by atoms with Crippen LogP contribution in [0.5, 0.6) is 5.75 Å². The van der Waals surface area contributed by atoms with Gasteiger partial charge in [0.25, 0.3) is 0 Å². The number of nitrogens with two attached hydrogens (primary N) is 1. The monoisotopic (exact) mass is 257 g/mol. The Kier molecular flexibility index (Phi) is 4.47. The Bertz CT molecular complexity index is 525. The van der Waals surface area contributed by atoms with E-state index in [1.54, 1.807) is 13.3 Å². The third kappa shape index (κ3) is 3.51. The molecule has 19 heavy (non-hydrogen) atoms. The van der Waals surface area contributed by atoms with Gasteiger partial charge in [-0.2, -0.15) is 0 Å². The summed E-state index contributed by atoms with van der Waals surface area (Å²) in [6.07, 6.45) is 3.51. The first-order chi connectivity index (χ1) is 9.22. The van der Waals surface area contributed by atoms with Gasteiger partial charge in [0, 0.05) is 29.9 Å². The Hall–Kier alpha value is -1.94. The number of aromatic nitrogens is 2. The maximum absolute atomic E-state index is 5.95. The van der Waals surface area contributed by atoms with E-state index in [-0.39, 0.29) is 6.04 Å². The van der Waals surface area contributed by atoms with Crippen molar-refractivity contribution in [2.75, 3.05) is 7.11 Å². The van der Waals surface area contributed by atoms with Gasteiger partial charge >= 0.3 is 0 Å². The molecule has 2 N–H and O–H groups in total. The normalized spacial score (nSPS) is 12.2. The molecule has 4 heteroatoms. The summed E-state index contributed by atoms with van der Waals surface area (Å²) in [7, 11) is 1.65. The Balaban J connectivity index is 2.21. The van der Waals surface area contributed by atoms with Gasteiger partial charge in [-0.25, -0.2) is 9.97 Å². The molecule has 0 saturated carbocycles. The second-order valence-electron chi connectivity index (χ2n) is 4.47. The molecule has 1 aromatic carbocycles. The topological polar surface area (TPSA) is 61.0 Å². The summed E-state index contributed by atoms with van der Waals surface area (Å²) in [5, 5.41) is 0. The zero-order chi connectivity index (χ0) is 13.7. The van der Waals surface area contributed by atoms with E-state index in [2.05, 4.69) is 16.9 Å². The number of ether oxygens (including phenoxy) is 1. The van der Waals surface area contributed by atoms with Crippen LogP contribution in [0.4, 0.5) is 0 Å². The van der Waals surface area contributed by atoms with Crippen molar-refractivity contribution in [1.29, 1.82) is 0 Å². The lowest BCUT2D eigenvalue weighted by atomic mass is 10.1. The van der Waals surface area contributed by atoms with Crippen molar-refractivity contribution in [3.8, 4) is 17.1 Å². The van der Waals surface area contributed by atoms with Gasteiger partial charge in [-0.05, 0) is 36.8 Å². The molecule has 0 amide bonds. The highest BCUT2D eigenvalue weighted by molar-refractivity contribution is 5.56. The van der Waals surface area contributed by atoms with E-state index in [1.807, 2.05) is 30.3 Å². The molecule has 1 heterocycles. The summed E-state index contributed by atoms with van der Waals surface area (Å²) in [4.78, 5) is 8.86. The minimum atomic E-state index is 0.151. The number of methoxy groups -OCH3 is 1. The van der Waals surface area contributed by atoms with Gasteiger partial charge in [-0.15, -0.1) is 0 Å². The lowest BCUT2D eigenvalue weighted by Crippen LogP contribution is -2.22. The number of nitrogens with zero attached hydrogens (tertiary/aromatic N) is 2. The molecule has 0 bridgehead atoms. The summed E-state index contributed by atoms with van der Waals surface area (Å²) in [5.74, 6) is 1.55. The Morgan fingerprint density at radius 3 is 2.58 bits per heavy atom. The summed E-state index contributed by atoms with van der Waals surface area (Å²) in [6.45, 7) is 2.08. The Morgan fingerprint density at radius 2 is 1.95 bits per heavy atom. The number of benzene rings is 1. The molecular weight excluding hydrogens is 238 g/mol. The summed E-state index contributed by atoms with van der Waals surface area (Å²) in [6, 6.07) is 9.79. The highest BCUT2D eigenvalue weighted by Crippen LogP contribution is 2.19. The van der Waals surface area contributed by atoms with Gasteiger partial charge in [-0.1, -0.05) is 6.92 Å². The quantitative estimate of drug-likeness (QED) is 0.893. The average molecular weight is 257 g/mol. The molecule has 2 rings (SSSR count). The first-order valence-electron chi connectivity index (χ1n) is 6.45. The number of rotatable bonds is 5. The minimum absolute atomic E-state index is 0.151. The van der Waals surface area contributed by atoms with Crippen LogP contribution < -0.4 is 10.5 Å². The van der Waals surface area contributed by atoms with Crippen molar-refractivity contribution in [3.63, 3.8) is 0 Å². The molecule has 1 atom stereocenters. The second-order valence-corrected chi connectivity index (χ2v) is 4.47. The summed E-state index contributed by atoms with van der Waals surface area (Å²) in [5.41, 5.74) is 7.92. The molecule has 2 aromatic rings. The van der Waals surface area contributed by atoms with Crippen LogP contribution in [0.15, 0.2) is 36.5 Å². The molecule has 0 aliphatic rings. The SMILES string of the molecule is CCC(N)Cc1ccnc(-c2ccc(OC)cc2)n1. The highest BCUT2D eigenvalue weighted by atomic mass is 16.5. The fourth-order valence-electron chi connectivity index (χ4n) is 1.80. The van der Waals surface area contributed by atoms with E-state index < -0.39 is 0 Å². The molecule has 0 aliphatic heterocycles. The summed E-state index contributed by atoms with van der Waals surface area (Å²) >= 11 is 0. The number of hydrogen-bond acceptors (Lipinski definition) is 4. The van der Waals surface area contributed by atoms with Crippen LogP contribution in [0.25, 0.3) is 11.4 Å². The van der Waals surface area contributed by atoms with Crippen LogP contribution in [-0.4, -0.2) is 23.1 Å². The lowest BCUT2D eigenvalue weighted by molar-refractivity contribution is 0.415. The highest BCUT2D eigenvalue weighted by Gasteiger charge is 2.06. The van der Waals surface area contributed by atoms with Crippen molar-refractivity contribution in [3.05, 3.63) is 42.2 Å². The maximum atomic E-state index is 5.95. The Morgan fingerprint density at radius 1 is 1.21 bits per heavy atom. The smallest absolute Gasteiger partial charge is 0.159 e. The van der Waals surface area contributed by atoms with Crippen LogP contribution in [0.3, 0.4) is 0 Å². The fourth-order valence-corrected chi connectivity index (χ4v) is 1.80. The van der Waals surface area contributed by atoms with E-state index in [4.69, 9.17) is 10.5 Å². The first-order valence-corrected chi connectivity index (χ1v) is 6.45. The minimum Gasteiger partial charge on any atom is -0.497 e. The largest absolute Gasteiger partial charge is 0.497 e. The van der Waals surface area contributed by atoms with Crippen LogP contribution in [-0.2, 0) is 6.42 Å². The van der Waals surface area contributed by atoms with Crippen LogP contribution in [0.2, 0.25) is 0 Å². The van der Waals surface area contributed by atoms with E-state index >= 15 is 0 Å². The average Bonchev–Trinajstić information content (AvgIpc) is 2.47. The first kappa shape index (κ1) is 13.5. The zero-order valence-corrected chi connectivity index (χ0v) is 11.3. The van der Waals surface area contributed by atoms with Crippen LogP contribution in [0, 0.1) is 0 Å². The van der Waals surface area contributed by atoms with Gasteiger partial charge in [0.2, 0.25) is 0 Å². The van der Waals surface area contributed by atoms with Crippen molar-refractivity contribution in [1.82, 2.24) is 9.97 Å². The van der Waals surface area contributed by atoms with E-state index in [1.165, 1.54) is 0 Å². The van der Waals surface area contributed by atoms with E-state index in [0.29, 0.717) is 0 Å². The second kappa shape index (κ2) is 6.29. The lowest BCUT2D eigenvalue weighted by Gasteiger charge is -2.09. The van der Waals surface area contributed by atoms with E-state index in [0.717, 1.165) is 35.7 Å². The number of hydrogen-bond donors (Lipinski definition) is 1. The maximum Gasteiger partial charge on any atom is 0.159 e. The van der Waals surface area contributed by atoms with Crippen molar-refractivity contribution >= 4 is 0 Å². The molecule has 100 valence electrons. The molecule has 1 aromatic heterocycles. The van der Waals surface area contributed by atoms with Crippen LogP contribution >= 0.6 is 0 Å². The van der Waals surface area contributed by atoms with Crippen molar-refractivity contribution < 1.29 is 4.74 Å². The zero-order valence-electron chi connectivity index (χ0n) is 11.3. The Labute approximate surface area is 113 Å². The molecule has 4 nitrogen and oxygen atoms in total.